The third kappa shape index (κ3) is 3.02. The third-order valence-electron chi connectivity index (χ3n) is 4.79. The average molecular weight is 345 g/mol. The second-order valence-corrected chi connectivity index (χ2v) is 6.83. The summed E-state index contributed by atoms with van der Waals surface area (Å²) < 4.78 is 12.8. The molecule has 2 aromatic heterocycles. The van der Waals surface area contributed by atoms with Gasteiger partial charge in [0.1, 0.15) is 18.3 Å². The van der Waals surface area contributed by atoms with Gasteiger partial charge in [-0.1, -0.05) is 23.4 Å². The minimum absolute atomic E-state index is 0.654. The molecule has 0 aliphatic heterocycles. The fourth-order valence-electron chi connectivity index (χ4n) is 3.16. The number of ether oxygens (including phenoxy) is 1. The Balaban J connectivity index is 1.43. The van der Waals surface area contributed by atoms with Crippen LogP contribution in [-0.4, -0.2) is 21.3 Å². The van der Waals surface area contributed by atoms with E-state index in [2.05, 4.69) is 45.0 Å². The molecule has 0 unspecified atom stereocenters. The quantitative estimate of drug-likeness (QED) is 0.512. The zero-order valence-electron chi connectivity index (χ0n) is 14.3. The predicted octanol–water partition coefficient (Wildman–Crippen LogP) is 4.61. The van der Waals surface area contributed by atoms with Gasteiger partial charge < -0.3 is 9.26 Å². The van der Waals surface area contributed by atoms with Crippen molar-refractivity contribution in [2.45, 2.75) is 19.4 Å². The fraction of sp³-hybridized carbons (Fsp3) is 0.238. The first-order valence-corrected chi connectivity index (χ1v) is 8.92. The third-order valence-corrected chi connectivity index (χ3v) is 4.79. The van der Waals surface area contributed by atoms with Crippen LogP contribution in [0, 0.1) is 5.92 Å². The van der Waals surface area contributed by atoms with Crippen LogP contribution < -0.4 is 0 Å². The lowest BCUT2D eigenvalue weighted by atomic mass is 10.1. The molecule has 2 heterocycles. The summed E-state index contributed by atoms with van der Waals surface area (Å²) in [5, 5.41) is 4.01. The van der Waals surface area contributed by atoms with Gasteiger partial charge in [-0.15, -0.1) is 0 Å². The number of nitrogens with zero attached hydrogens (tertiary/aromatic N) is 3. The Morgan fingerprint density at radius 2 is 2.08 bits per heavy atom. The van der Waals surface area contributed by atoms with Crippen molar-refractivity contribution in [2.24, 2.45) is 5.92 Å². The van der Waals surface area contributed by atoms with Crippen molar-refractivity contribution in [3.8, 4) is 16.9 Å². The normalized spacial score (nSPS) is 14.2. The highest BCUT2D eigenvalue weighted by molar-refractivity contribution is 5.78. The number of imidazole rings is 1. The summed E-state index contributed by atoms with van der Waals surface area (Å²) in [7, 11) is 0. The smallest absolute Gasteiger partial charge is 0.124 e. The van der Waals surface area contributed by atoms with Crippen molar-refractivity contribution in [3.05, 3.63) is 66.7 Å². The maximum absolute atomic E-state index is 5.79. The molecule has 1 saturated carbocycles. The van der Waals surface area contributed by atoms with Gasteiger partial charge in [-0.05, 0) is 48.6 Å². The molecule has 1 aliphatic carbocycles. The van der Waals surface area contributed by atoms with Gasteiger partial charge in [0.05, 0.1) is 17.6 Å². The van der Waals surface area contributed by atoms with Gasteiger partial charge in [-0.2, -0.15) is 0 Å². The van der Waals surface area contributed by atoms with E-state index in [0.29, 0.717) is 6.61 Å². The standard InChI is InChI=1S/C21H19N3O2/c1-2-17(19-8-9-26-23-19)11-18(3-1)24-14-22-20-10-16(6-7-21(20)24)13-25-12-15-4-5-15/h1-3,6-11,14-15H,4-5,12-13H2. The van der Waals surface area contributed by atoms with E-state index in [1.165, 1.54) is 18.4 Å². The highest BCUT2D eigenvalue weighted by Crippen LogP contribution is 2.29. The molecule has 0 atom stereocenters. The van der Waals surface area contributed by atoms with E-state index in [9.17, 15) is 0 Å². The van der Waals surface area contributed by atoms with Gasteiger partial charge in [0.25, 0.3) is 0 Å². The van der Waals surface area contributed by atoms with E-state index in [1.54, 1.807) is 6.26 Å². The molecule has 5 heteroatoms. The van der Waals surface area contributed by atoms with Crippen LogP contribution in [0.1, 0.15) is 18.4 Å². The lowest BCUT2D eigenvalue weighted by Crippen LogP contribution is -1.97. The summed E-state index contributed by atoms with van der Waals surface area (Å²) in [6.45, 7) is 1.53. The summed E-state index contributed by atoms with van der Waals surface area (Å²) in [5.74, 6) is 0.787. The predicted molar refractivity (Wildman–Crippen MR) is 98.9 cm³/mol. The van der Waals surface area contributed by atoms with Crippen LogP contribution in [-0.2, 0) is 11.3 Å². The Kier molecular flexibility index (Phi) is 3.79. The van der Waals surface area contributed by atoms with Crippen molar-refractivity contribution in [1.82, 2.24) is 14.7 Å². The maximum Gasteiger partial charge on any atom is 0.124 e. The number of fused-ring (bicyclic) bond motifs is 1. The zero-order chi connectivity index (χ0) is 17.3. The molecule has 2 aromatic carbocycles. The second-order valence-electron chi connectivity index (χ2n) is 6.83. The van der Waals surface area contributed by atoms with Gasteiger partial charge in [-0.25, -0.2) is 4.98 Å². The number of hydrogen-bond donors (Lipinski definition) is 0. The second kappa shape index (κ2) is 6.42. The van der Waals surface area contributed by atoms with Crippen molar-refractivity contribution >= 4 is 11.0 Å². The Bertz CT molecular complexity index is 1030. The molecule has 0 N–H and O–H groups in total. The molecule has 0 bridgehead atoms. The molecule has 0 radical (unpaired) electrons. The molecule has 26 heavy (non-hydrogen) atoms. The van der Waals surface area contributed by atoms with Gasteiger partial charge in [0, 0.05) is 23.9 Å². The van der Waals surface area contributed by atoms with Crippen LogP contribution in [0.2, 0.25) is 0 Å². The molecular weight excluding hydrogens is 326 g/mol. The van der Waals surface area contributed by atoms with E-state index >= 15 is 0 Å². The lowest BCUT2D eigenvalue weighted by Gasteiger charge is -2.07. The molecule has 0 saturated heterocycles. The Labute approximate surface area is 151 Å². The van der Waals surface area contributed by atoms with E-state index in [-0.39, 0.29) is 0 Å². The molecule has 5 nitrogen and oxygen atoms in total. The largest absolute Gasteiger partial charge is 0.376 e. The van der Waals surface area contributed by atoms with Gasteiger partial charge in [0.2, 0.25) is 0 Å². The molecule has 0 spiro atoms. The van der Waals surface area contributed by atoms with E-state index in [1.807, 2.05) is 24.5 Å². The Hall–Kier alpha value is -2.92. The van der Waals surface area contributed by atoms with E-state index in [0.717, 1.165) is 40.5 Å². The van der Waals surface area contributed by atoms with E-state index in [4.69, 9.17) is 9.26 Å². The summed E-state index contributed by atoms with van der Waals surface area (Å²) in [5.41, 5.74) is 6.11. The molecular formula is C21H19N3O2. The number of aromatic nitrogens is 3. The summed E-state index contributed by atoms with van der Waals surface area (Å²) in [6, 6.07) is 16.4. The number of rotatable bonds is 6. The average Bonchev–Trinajstić information content (AvgIpc) is 3.18. The minimum Gasteiger partial charge on any atom is -0.376 e. The lowest BCUT2D eigenvalue weighted by molar-refractivity contribution is 0.111. The van der Waals surface area contributed by atoms with Gasteiger partial charge in [-0.3, -0.25) is 4.57 Å². The Morgan fingerprint density at radius 1 is 1.12 bits per heavy atom. The van der Waals surface area contributed by atoms with Crippen LogP contribution in [0.5, 0.6) is 0 Å². The monoisotopic (exact) mass is 345 g/mol. The first-order chi connectivity index (χ1) is 12.9. The Morgan fingerprint density at radius 3 is 2.92 bits per heavy atom. The van der Waals surface area contributed by atoms with Crippen molar-refractivity contribution in [1.29, 1.82) is 0 Å². The number of hydrogen-bond acceptors (Lipinski definition) is 4. The molecule has 1 fully saturated rings. The SMILES string of the molecule is c1cc(-c2ccon2)cc(-n2cnc3cc(COCC4CC4)ccc32)c1. The van der Waals surface area contributed by atoms with Crippen LogP contribution in [0.15, 0.2) is 65.6 Å². The number of benzene rings is 2. The zero-order valence-corrected chi connectivity index (χ0v) is 14.3. The highest BCUT2D eigenvalue weighted by Gasteiger charge is 2.21. The fourth-order valence-corrected chi connectivity index (χ4v) is 3.16. The minimum atomic E-state index is 0.654. The van der Waals surface area contributed by atoms with Crippen molar-refractivity contribution in [3.63, 3.8) is 0 Å². The maximum atomic E-state index is 5.79. The highest BCUT2D eigenvalue weighted by atomic mass is 16.5. The van der Waals surface area contributed by atoms with Crippen LogP contribution >= 0.6 is 0 Å². The van der Waals surface area contributed by atoms with Crippen molar-refractivity contribution < 1.29 is 9.26 Å². The van der Waals surface area contributed by atoms with Crippen LogP contribution in [0.4, 0.5) is 0 Å². The van der Waals surface area contributed by atoms with Gasteiger partial charge >= 0.3 is 0 Å². The summed E-state index contributed by atoms with van der Waals surface area (Å²) >= 11 is 0. The van der Waals surface area contributed by atoms with E-state index < -0.39 is 0 Å². The molecule has 130 valence electrons. The molecule has 1 aliphatic rings. The van der Waals surface area contributed by atoms with Gasteiger partial charge in [0.15, 0.2) is 0 Å². The summed E-state index contributed by atoms with van der Waals surface area (Å²) in [4.78, 5) is 4.58. The molecule has 5 rings (SSSR count). The van der Waals surface area contributed by atoms with Crippen LogP contribution in [0.3, 0.4) is 0 Å². The topological polar surface area (TPSA) is 53.1 Å². The molecule has 0 amide bonds. The first-order valence-electron chi connectivity index (χ1n) is 8.92. The molecule has 4 aromatic rings. The van der Waals surface area contributed by atoms with Crippen molar-refractivity contribution in [2.75, 3.05) is 6.61 Å². The summed E-state index contributed by atoms with van der Waals surface area (Å²) in [6.07, 6.45) is 6.08. The first kappa shape index (κ1) is 15.3. The van der Waals surface area contributed by atoms with Crippen LogP contribution in [0.25, 0.3) is 28.0 Å².